The molecule has 7 heteroatoms. The summed E-state index contributed by atoms with van der Waals surface area (Å²) in [4.78, 5) is 29.7. The average molecular weight is 430 g/mol. The van der Waals surface area contributed by atoms with E-state index in [-0.39, 0.29) is 24.4 Å². The number of carbonyl (C=O) groups excluding carboxylic acids is 1. The quantitative estimate of drug-likeness (QED) is 0.454. The summed E-state index contributed by atoms with van der Waals surface area (Å²) in [6.07, 6.45) is 6.54. The highest BCUT2D eigenvalue weighted by atomic mass is 16.2. The summed E-state index contributed by atoms with van der Waals surface area (Å²) in [5, 5.41) is 7.65. The van der Waals surface area contributed by atoms with E-state index in [0.29, 0.717) is 11.0 Å². The summed E-state index contributed by atoms with van der Waals surface area (Å²) in [7, 11) is 0. The first-order chi connectivity index (χ1) is 15.5. The molecule has 0 saturated carbocycles. The summed E-state index contributed by atoms with van der Waals surface area (Å²) < 4.78 is 3.11. The van der Waals surface area contributed by atoms with Gasteiger partial charge in [0.1, 0.15) is 5.39 Å². The number of rotatable bonds is 8. The number of nitrogens with one attached hydrogen (secondary N) is 1. The van der Waals surface area contributed by atoms with E-state index in [1.54, 1.807) is 4.68 Å². The summed E-state index contributed by atoms with van der Waals surface area (Å²) in [5.74, 6) is -0.145. The van der Waals surface area contributed by atoms with Crippen molar-refractivity contribution in [3.63, 3.8) is 0 Å². The number of carbonyl (C=O) groups is 1. The van der Waals surface area contributed by atoms with Gasteiger partial charge in [0.25, 0.3) is 5.56 Å². The maximum atomic E-state index is 12.9. The van der Waals surface area contributed by atoms with Crippen LogP contribution in [0.4, 0.5) is 5.69 Å². The Morgan fingerprint density at radius 2 is 1.81 bits per heavy atom. The maximum Gasteiger partial charge on any atom is 0.264 e. The molecule has 4 rings (SSSR count). The fourth-order valence-electron chi connectivity index (χ4n) is 3.56. The van der Waals surface area contributed by atoms with Crippen molar-refractivity contribution < 1.29 is 4.79 Å². The van der Waals surface area contributed by atoms with Gasteiger partial charge >= 0.3 is 0 Å². The molecule has 2 aromatic heterocycles. The van der Waals surface area contributed by atoms with E-state index in [9.17, 15) is 9.59 Å². The first-order valence-corrected chi connectivity index (χ1v) is 10.9. The Morgan fingerprint density at radius 1 is 1.06 bits per heavy atom. The number of aromatic nitrogens is 4. The topological polar surface area (TPSA) is 81.8 Å². The molecule has 0 aliphatic heterocycles. The van der Waals surface area contributed by atoms with Gasteiger partial charge in [-0.2, -0.15) is 5.10 Å². The molecule has 32 heavy (non-hydrogen) atoms. The lowest BCUT2D eigenvalue weighted by molar-refractivity contribution is -0.116. The Balaban J connectivity index is 1.42. The van der Waals surface area contributed by atoms with Gasteiger partial charge in [0.15, 0.2) is 5.65 Å². The molecule has 0 aliphatic rings. The number of fused-ring (bicyclic) bond motifs is 1. The summed E-state index contributed by atoms with van der Waals surface area (Å²) in [6, 6.07) is 15.8. The molecule has 0 radical (unpaired) electrons. The number of anilines is 1. The van der Waals surface area contributed by atoms with E-state index < -0.39 is 0 Å². The van der Waals surface area contributed by atoms with Gasteiger partial charge in [-0.25, -0.2) is 9.67 Å². The zero-order chi connectivity index (χ0) is 22.5. The Labute approximate surface area is 186 Å². The molecule has 1 amide bonds. The van der Waals surface area contributed by atoms with Crippen LogP contribution in [0.1, 0.15) is 37.3 Å². The first kappa shape index (κ1) is 21.5. The SMILES string of the molecule is CCCCc1ccc(NC(=O)CCn2cnc3c(cnn3-c3ccc(C)cc3)c2=O)cc1. The number of unbranched alkanes of at least 4 members (excludes halogenated alkanes) is 1. The van der Waals surface area contributed by atoms with Gasteiger partial charge in [-0.1, -0.05) is 43.2 Å². The molecule has 0 aliphatic carbocycles. The highest BCUT2D eigenvalue weighted by Gasteiger charge is 2.12. The summed E-state index contributed by atoms with van der Waals surface area (Å²) in [6.45, 7) is 4.43. The van der Waals surface area contributed by atoms with E-state index in [0.717, 1.165) is 36.2 Å². The van der Waals surface area contributed by atoms with E-state index >= 15 is 0 Å². The number of nitrogens with zero attached hydrogens (tertiary/aromatic N) is 4. The zero-order valence-electron chi connectivity index (χ0n) is 18.4. The molecule has 0 spiro atoms. The molecule has 7 nitrogen and oxygen atoms in total. The highest BCUT2D eigenvalue weighted by Crippen LogP contribution is 2.15. The third kappa shape index (κ3) is 4.77. The molecular weight excluding hydrogens is 402 g/mol. The van der Waals surface area contributed by atoms with Gasteiger partial charge in [-0.15, -0.1) is 0 Å². The molecule has 0 atom stereocenters. The Kier molecular flexibility index (Phi) is 6.44. The molecule has 0 bridgehead atoms. The smallest absolute Gasteiger partial charge is 0.264 e. The molecule has 2 heterocycles. The lowest BCUT2D eigenvalue weighted by Gasteiger charge is -2.08. The van der Waals surface area contributed by atoms with Crippen LogP contribution in [0.25, 0.3) is 16.7 Å². The predicted molar refractivity (Wildman–Crippen MR) is 126 cm³/mol. The Morgan fingerprint density at radius 3 is 2.53 bits per heavy atom. The van der Waals surface area contributed by atoms with Crippen LogP contribution in [0.5, 0.6) is 0 Å². The van der Waals surface area contributed by atoms with Crippen molar-refractivity contribution in [3.8, 4) is 5.69 Å². The fraction of sp³-hybridized carbons (Fsp3) is 0.280. The normalized spacial score (nSPS) is 11.1. The summed E-state index contributed by atoms with van der Waals surface area (Å²) in [5.41, 5.74) is 4.31. The maximum absolute atomic E-state index is 12.9. The molecule has 164 valence electrons. The zero-order valence-corrected chi connectivity index (χ0v) is 18.4. The third-order valence-corrected chi connectivity index (χ3v) is 5.47. The van der Waals surface area contributed by atoms with Crippen molar-refractivity contribution >= 4 is 22.6 Å². The molecule has 4 aromatic rings. The molecule has 0 fully saturated rings. The number of hydrogen-bond acceptors (Lipinski definition) is 4. The second-order valence-electron chi connectivity index (χ2n) is 7.97. The van der Waals surface area contributed by atoms with Crippen LogP contribution in [0.3, 0.4) is 0 Å². The standard InChI is InChI=1S/C25H27N5O2/c1-3-4-5-19-8-10-20(11-9-19)28-23(31)14-15-29-17-26-24-22(25(29)32)16-27-30(24)21-12-6-18(2)7-13-21/h6-13,16-17H,3-5,14-15H2,1-2H3,(H,28,31). The van der Waals surface area contributed by atoms with Crippen LogP contribution in [-0.4, -0.2) is 25.2 Å². The second kappa shape index (κ2) is 9.60. The minimum Gasteiger partial charge on any atom is -0.326 e. The van der Waals surface area contributed by atoms with E-state index in [4.69, 9.17) is 0 Å². The molecule has 0 saturated heterocycles. The lowest BCUT2D eigenvalue weighted by atomic mass is 10.1. The van der Waals surface area contributed by atoms with Gasteiger partial charge in [-0.3, -0.25) is 14.2 Å². The molecule has 1 N–H and O–H groups in total. The van der Waals surface area contributed by atoms with Gasteiger partial charge in [0.2, 0.25) is 5.91 Å². The van der Waals surface area contributed by atoms with Gasteiger partial charge < -0.3 is 5.32 Å². The van der Waals surface area contributed by atoms with Crippen LogP contribution in [0, 0.1) is 6.92 Å². The monoisotopic (exact) mass is 429 g/mol. The number of aryl methyl sites for hydroxylation is 3. The lowest BCUT2D eigenvalue weighted by Crippen LogP contribution is -2.23. The largest absolute Gasteiger partial charge is 0.326 e. The van der Waals surface area contributed by atoms with Crippen molar-refractivity contribution in [2.75, 3.05) is 5.32 Å². The van der Waals surface area contributed by atoms with Crippen LogP contribution in [0.2, 0.25) is 0 Å². The average Bonchev–Trinajstić information content (AvgIpc) is 3.24. The van der Waals surface area contributed by atoms with Crippen LogP contribution < -0.4 is 10.9 Å². The van der Waals surface area contributed by atoms with Gasteiger partial charge in [-0.05, 0) is 49.6 Å². The van der Waals surface area contributed by atoms with Crippen molar-refractivity contribution in [1.29, 1.82) is 0 Å². The summed E-state index contributed by atoms with van der Waals surface area (Å²) >= 11 is 0. The number of benzene rings is 2. The van der Waals surface area contributed by atoms with Crippen molar-refractivity contribution in [2.45, 2.75) is 46.1 Å². The van der Waals surface area contributed by atoms with Crippen LogP contribution >= 0.6 is 0 Å². The number of hydrogen-bond donors (Lipinski definition) is 1. The highest BCUT2D eigenvalue weighted by molar-refractivity contribution is 5.90. The fourth-order valence-corrected chi connectivity index (χ4v) is 3.56. The van der Waals surface area contributed by atoms with Crippen molar-refractivity contribution in [1.82, 2.24) is 19.3 Å². The minimum atomic E-state index is -0.207. The Hall–Kier alpha value is -3.74. The Bertz CT molecular complexity index is 1270. The molecule has 2 aromatic carbocycles. The predicted octanol–water partition coefficient (Wildman–Crippen LogP) is 4.26. The van der Waals surface area contributed by atoms with Gasteiger partial charge in [0, 0.05) is 18.7 Å². The van der Waals surface area contributed by atoms with Crippen LogP contribution in [0.15, 0.2) is 65.8 Å². The number of amides is 1. The third-order valence-electron chi connectivity index (χ3n) is 5.47. The minimum absolute atomic E-state index is 0.145. The van der Waals surface area contributed by atoms with E-state index in [2.05, 4.69) is 22.3 Å². The second-order valence-corrected chi connectivity index (χ2v) is 7.97. The molecular formula is C25H27N5O2. The first-order valence-electron chi connectivity index (χ1n) is 10.9. The van der Waals surface area contributed by atoms with Crippen molar-refractivity contribution in [3.05, 3.63) is 82.5 Å². The van der Waals surface area contributed by atoms with Crippen molar-refractivity contribution in [2.24, 2.45) is 0 Å². The van der Waals surface area contributed by atoms with E-state index in [1.807, 2.05) is 55.5 Å². The van der Waals surface area contributed by atoms with E-state index in [1.165, 1.54) is 22.7 Å². The van der Waals surface area contributed by atoms with Crippen LogP contribution in [-0.2, 0) is 17.8 Å². The molecule has 0 unspecified atom stereocenters. The van der Waals surface area contributed by atoms with Gasteiger partial charge in [0.05, 0.1) is 18.2 Å².